The van der Waals surface area contributed by atoms with Crippen LogP contribution in [0.5, 0.6) is 0 Å². The minimum Gasteiger partial charge on any atom is -0.274 e. The summed E-state index contributed by atoms with van der Waals surface area (Å²) in [5.41, 5.74) is 1.16. The summed E-state index contributed by atoms with van der Waals surface area (Å²) < 4.78 is 0. The van der Waals surface area contributed by atoms with E-state index in [0.717, 1.165) is 5.56 Å². The highest BCUT2D eigenvalue weighted by atomic mass is 16.2. The smallest absolute Gasteiger partial charge is 0.234 e. The van der Waals surface area contributed by atoms with Gasteiger partial charge >= 0.3 is 0 Å². The number of carbonyl (C=O) groups excluding carboxylic acids is 1. The number of nitrogens with zero attached hydrogens (tertiary/aromatic N) is 2. The molecule has 0 saturated carbocycles. The average Bonchev–Trinajstić information content (AvgIpc) is 2.35. The zero-order valence-corrected chi connectivity index (χ0v) is 11.1. The molecule has 3 nitrogen and oxygen atoms in total. The molecule has 18 heavy (non-hydrogen) atoms. The predicted molar refractivity (Wildman–Crippen MR) is 73.9 cm³/mol. The molecule has 0 saturated heterocycles. The minimum absolute atomic E-state index is 0.0490. The first-order valence-corrected chi connectivity index (χ1v) is 6.01. The lowest BCUT2D eigenvalue weighted by Gasteiger charge is -2.28. The number of benzene rings is 2. The van der Waals surface area contributed by atoms with Crippen molar-refractivity contribution < 1.29 is 4.79 Å². The molecule has 0 radical (unpaired) electrons. The van der Waals surface area contributed by atoms with Crippen LogP contribution in [-0.4, -0.2) is 30.0 Å². The third kappa shape index (κ3) is 2.51. The van der Waals surface area contributed by atoms with E-state index < -0.39 is 0 Å². The third-order valence-corrected chi connectivity index (χ3v) is 3.05. The van der Waals surface area contributed by atoms with Gasteiger partial charge in [-0.05, 0) is 16.3 Å². The van der Waals surface area contributed by atoms with Crippen LogP contribution in [0.25, 0.3) is 10.8 Å². The maximum atomic E-state index is 11.6. The highest BCUT2D eigenvalue weighted by Gasteiger charge is 2.12. The van der Waals surface area contributed by atoms with E-state index in [2.05, 4.69) is 24.3 Å². The first-order chi connectivity index (χ1) is 8.59. The number of fused-ring (bicyclic) bond motifs is 1. The Morgan fingerprint density at radius 2 is 1.72 bits per heavy atom. The van der Waals surface area contributed by atoms with Crippen molar-refractivity contribution in [2.45, 2.75) is 13.5 Å². The van der Waals surface area contributed by atoms with Crippen molar-refractivity contribution in [1.29, 1.82) is 0 Å². The van der Waals surface area contributed by atoms with Crippen molar-refractivity contribution in [2.75, 3.05) is 14.1 Å². The fourth-order valence-electron chi connectivity index (χ4n) is 2.13. The molecule has 0 fully saturated rings. The Labute approximate surface area is 108 Å². The van der Waals surface area contributed by atoms with Gasteiger partial charge in [-0.25, -0.2) is 5.01 Å². The number of hydrogen-bond donors (Lipinski definition) is 0. The highest BCUT2D eigenvalue weighted by molar-refractivity contribution is 5.86. The second-order valence-electron chi connectivity index (χ2n) is 4.56. The maximum absolute atomic E-state index is 11.6. The van der Waals surface area contributed by atoms with Crippen LogP contribution in [0.3, 0.4) is 0 Å². The second-order valence-corrected chi connectivity index (χ2v) is 4.56. The molecular formula is C15H18N2O. The molecule has 0 aliphatic carbocycles. The van der Waals surface area contributed by atoms with E-state index in [1.54, 1.807) is 11.9 Å². The van der Waals surface area contributed by atoms with E-state index in [0.29, 0.717) is 6.54 Å². The Morgan fingerprint density at radius 3 is 2.39 bits per heavy atom. The Kier molecular flexibility index (Phi) is 3.63. The van der Waals surface area contributed by atoms with Crippen LogP contribution in [0.4, 0.5) is 0 Å². The van der Waals surface area contributed by atoms with Gasteiger partial charge in [0, 0.05) is 21.0 Å². The molecule has 0 aromatic heterocycles. The van der Waals surface area contributed by atoms with Gasteiger partial charge < -0.3 is 0 Å². The number of carbonyl (C=O) groups is 1. The lowest BCUT2D eigenvalue weighted by Crippen LogP contribution is -2.39. The van der Waals surface area contributed by atoms with E-state index in [-0.39, 0.29) is 5.91 Å². The van der Waals surface area contributed by atoms with E-state index >= 15 is 0 Å². The molecule has 2 aromatic carbocycles. The van der Waals surface area contributed by atoms with Gasteiger partial charge in [-0.1, -0.05) is 42.5 Å². The summed E-state index contributed by atoms with van der Waals surface area (Å²) in [5, 5.41) is 5.96. The highest BCUT2D eigenvalue weighted by Crippen LogP contribution is 2.20. The quantitative estimate of drug-likeness (QED) is 0.773. The molecule has 1 amide bonds. The Balaban J connectivity index is 2.39. The summed E-state index contributed by atoms with van der Waals surface area (Å²) in [5.74, 6) is 0.0490. The molecule has 0 aliphatic heterocycles. The summed E-state index contributed by atoms with van der Waals surface area (Å²) in [7, 11) is 3.76. The molecule has 0 aliphatic rings. The van der Waals surface area contributed by atoms with Crippen LogP contribution in [0.2, 0.25) is 0 Å². The monoisotopic (exact) mass is 242 g/mol. The molecule has 0 bridgehead atoms. The molecular weight excluding hydrogens is 224 g/mol. The van der Waals surface area contributed by atoms with Crippen molar-refractivity contribution in [3.63, 3.8) is 0 Å². The molecule has 3 heteroatoms. The lowest BCUT2D eigenvalue weighted by molar-refractivity contribution is -0.143. The minimum atomic E-state index is 0.0490. The summed E-state index contributed by atoms with van der Waals surface area (Å²) >= 11 is 0. The van der Waals surface area contributed by atoms with Crippen LogP contribution in [0.1, 0.15) is 12.5 Å². The molecule has 2 rings (SSSR count). The first kappa shape index (κ1) is 12.6. The number of hydrazine groups is 1. The summed E-state index contributed by atoms with van der Waals surface area (Å²) in [4.78, 5) is 11.6. The molecule has 0 heterocycles. The van der Waals surface area contributed by atoms with Crippen LogP contribution in [0.15, 0.2) is 42.5 Å². The summed E-state index contributed by atoms with van der Waals surface area (Å²) in [6.45, 7) is 2.19. The zero-order valence-electron chi connectivity index (χ0n) is 11.1. The molecule has 0 unspecified atom stereocenters. The van der Waals surface area contributed by atoms with Crippen molar-refractivity contribution in [2.24, 2.45) is 0 Å². The van der Waals surface area contributed by atoms with Gasteiger partial charge in [-0.3, -0.25) is 9.80 Å². The molecule has 94 valence electrons. The van der Waals surface area contributed by atoms with E-state index in [9.17, 15) is 4.79 Å². The van der Waals surface area contributed by atoms with Crippen molar-refractivity contribution in [3.05, 3.63) is 48.0 Å². The van der Waals surface area contributed by atoms with Gasteiger partial charge in [0.2, 0.25) is 5.91 Å². The van der Waals surface area contributed by atoms with Crippen molar-refractivity contribution in [3.8, 4) is 0 Å². The van der Waals surface area contributed by atoms with Gasteiger partial charge in [-0.2, -0.15) is 0 Å². The standard InChI is InChI=1S/C15H18N2O/c1-12(18)17(16(2)3)11-14-9-6-8-13-7-4-5-10-15(13)14/h4-10H,11H2,1-3H3. The normalized spacial score (nSPS) is 10.9. The van der Waals surface area contributed by atoms with Crippen molar-refractivity contribution >= 4 is 16.7 Å². The SMILES string of the molecule is CC(=O)N(Cc1cccc2ccccc12)N(C)C. The summed E-state index contributed by atoms with van der Waals surface area (Å²) in [6.07, 6.45) is 0. The Morgan fingerprint density at radius 1 is 1.06 bits per heavy atom. The van der Waals surface area contributed by atoms with Crippen LogP contribution in [-0.2, 0) is 11.3 Å². The lowest BCUT2D eigenvalue weighted by atomic mass is 10.0. The van der Waals surface area contributed by atoms with E-state index in [1.807, 2.05) is 37.3 Å². The number of amides is 1. The second kappa shape index (κ2) is 5.19. The fraction of sp³-hybridized carbons (Fsp3) is 0.267. The van der Waals surface area contributed by atoms with Gasteiger partial charge in [0.25, 0.3) is 0 Å². The van der Waals surface area contributed by atoms with Crippen LogP contribution in [0, 0.1) is 0 Å². The molecule has 2 aromatic rings. The van der Waals surface area contributed by atoms with Gasteiger partial charge in [0.15, 0.2) is 0 Å². The number of rotatable bonds is 3. The zero-order chi connectivity index (χ0) is 13.1. The van der Waals surface area contributed by atoms with Crippen LogP contribution >= 0.6 is 0 Å². The average molecular weight is 242 g/mol. The third-order valence-electron chi connectivity index (χ3n) is 3.05. The largest absolute Gasteiger partial charge is 0.274 e. The Bertz CT molecular complexity index is 558. The van der Waals surface area contributed by atoms with E-state index in [4.69, 9.17) is 0 Å². The van der Waals surface area contributed by atoms with Gasteiger partial charge in [-0.15, -0.1) is 0 Å². The predicted octanol–water partition coefficient (Wildman–Crippen LogP) is 2.66. The van der Waals surface area contributed by atoms with Crippen molar-refractivity contribution in [1.82, 2.24) is 10.0 Å². The maximum Gasteiger partial charge on any atom is 0.234 e. The molecule has 0 spiro atoms. The molecule has 0 N–H and O–H groups in total. The van der Waals surface area contributed by atoms with E-state index in [1.165, 1.54) is 10.8 Å². The topological polar surface area (TPSA) is 23.6 Å². The van der Waals surface area contributed by atoms with Gasteiger partial charge in [0.1, 0.15) is 0 Å². The Hall–Kier alpha value is -1.87. The molecule has 0 atom stereocenters. The van der Waals surface area contributed by atoms with Gasteiger partial charge in [0.05, 0.1) is 6.54 Å². The summed E-state index contributed by atoms with van der Waals surface area (Å²) in [6, 6.07) is 14.4. The van der Waals surface area contributed by atoms with Crippen LogP contribution < -0.4 is 0 Å². The fourth-order valence-corrected chi connectivity index (χ4v) is 2.13. The number of hydrogen-bond acceptors (Lipinski definition) is 2. The first-order valence-electron chi connectivity index (χ1n) is 6.01.